The number of methoxy groups -OCH3 is 2. The van der Waals surface area contributed by atoms with E-state index in [0.717, 1.165) is 35.3 Å². The fourth-order valence-corrected chi connectivity index (χ4v) is 5.12. The van der Waals surface area contributed by atoms with Crippen molar-refractivity contribution < 1.29 is 27.4 Å². The number of ether oxygens (including phenoxy) is 2. The molecule has 5 rings (SSSR count). The van der Waals surface area contributed by atoms with Gasteiger partial charge in [-0.15, -0.1) is 0 Å². The van der Waals surface area contributed by atoms with Crippen molar-refractivity contribution in [1.29, 1.82) is 0 Å². The Bertz CT molecular complexity index is 1820. The number of para-hydroxylation sites is 1. The molecule has 0 saturated carbocycles. The van der Waals surface area contributed by atoms with Gasteiger partial charge in [0, 0.05) is 17.0 Å². The number of carbonyl (C=O) groups is 1. The SMILES string of the molecule is COc1ccc(-n2c(SCC(=O)Nc3cc(C(F)(F)F)ccc3Cl)nc3c([nH]c4ccccc43)c2=O)cc1OC. The average Bonchev–Trinajstić information content (AvgIpc) is 3.31. The highest BCUT2D eigenvalue weighted by Gasteiger charge is 2.31. The number of alkyl halides is 3. The minimum atomic E-state index is -4.60. The molecule has 2 heterocycles. The number of aromatic nitrogens is 3. The van der Waals surface area contributed by atoms with Crippen LogP contribution in [-0.4, -0.2) is 40.4 Å². The summed E-state index contributed by atoms with van der Waals surface area (Å²) in [6.45, 7) is 0. The molecular weight excluding hydrogens is 569 g/mol. The lowest BCUT2D eigenvalue weighted by Crippen LogP contribution is -2.23. The van der Waals surface area contributed by atoms with Crippen LogP contribution in [0.15, 0.2) is 70.6 Å². The van der Waals surface area contributed by atoms with Crippen LogP contribution >= 0.6 is 23.4 Å². The number of thioether (sulfide) groups is 1. The first-order valence-electron chi connectivity index (χ1n) is 11.7. The molecule has 2 aromatic heterocycles. The number of anilines is 1. The molecule has 206 valence electrons. The third kappa shape index (κ3) is 5.19. The highest BCUT2D eigenvalue weighted by molar-refractivity contribution is 7.99. The number of nitrogens with one attached hydrogen (secondary N) is 2. The van der Waals surface area contributed by atoms with Gasteiger partial charge in [0.25, 0.3) is 5.56 Å². The van der Waals surface area contributed by atoms with E-state index in [1.807, 2.05) is 24.3 Å². The van der Waals surface area contributed by atoms with Crippen molar-refractivity contribution in [1.82, 2.24) is 14.5 Å². The van der Waals surface area contributed by atoms with Gasteiger partial charge in [-0.3, -0.25) is 14.2 Å². The van der Waals surface area contributed by atoms with Crippen LogP contribution in [-0.2, 0) is 11.0 Å². The molecule has 0 atom stereocenters. The third-order valence-corrected chi connectivity index (χ3v) is 7.29. The number of rotatable bonds is 7. The summed E-state index contributed by atoms with van der Waals surface area (Å²) in [5.41, 5.74) is 0.242. The van der Waals surface area contributed by atoms with E-state index in [2.05, 4.69) is 10.3 Å². The number of fused-ring (bicyclic) bond motifs is 3. The maximum Gasteiger partial charge on any atom is 0.416 e. The van der Waals surface area contributed by atoms with Gasteiger partial charge in [0.1, 0.15) is 11.0 Å². The van der Waals surface area contributed by atoms with E-state index < -0.39 is 23.2 Å². The molecule has 0 aliphatic rings. The normalized spacial score (nSPS) is 11.7. The van der Waals surface area contributed by atoms with Crippen LogP contribution in [0.5, 0.6) is 11.5 Å². The lowest BCUT2D eigenvalue weighted by molar-refractivity contribution is -0.137. The van der Waals surface area contributed by atoms with Crippen LogP contribution in [0.4, 0.5) is 18.9 Å². The Labute approximate surface area is 234 Å². The van der Waals surface area contributed by atoms with Gasteiger partial charge in [0.15, 0.2) is 16.7 Å². The van der Waals surface area contributed by atoms with Crippen LogP contribution in [0.1, 0.15) is 5.56 Å². The minimum absolute atomic E-state index is 0.0491. The largest absolute Gasteiger partial charge is 0.493 e. The van der Waals surface area contributed by atoms with E-state index in [1.54, 1.807) is 18.2 Å². The number of aromatic amines is 1. The predicted octanol–water partition coefficient (Wildman–Crippen LogP) is 6.29. The van der Waals surface area contributed by atoms with Crippen LogP contribution in [0.25, 0.3) is 27.6 Å². The van der Waals surface area contributed by atoms with Gasteiger partial charge in [-0.1, -0.05) is 41.6 Å². The van der Waals surface area contributed by atoms with Crippen molar-refractivity contribution in [3.05, 3.63) is 81.6 Å². The molecule has 2 N–H and O–H groups in total. The third-order valence-electron chi connectivity index (χ3n) is 6.02. The lowest BCUT2D eigenvalue weighted by Gasteiger charge is -2.15. The minimum Gasteiger partial charge on any atom is -0.493 e. The molecule has 5 aromatic rings. The van der Waals surface area contributed by atoms with E-state index in [-0.39, 0.29) is 27.1 Å². The van der Waals surface area contributed by atoms with Gasteiger partial charge in [-0.2, -0.15) is 13.2 Å². The van der Waals surface area contributed by atoms with Crippen LogP contribution in [0.3, 0.4) is 0 Å². The molecule has 40 heavy (non-hydrogen) atoms. The van der Waals surface area contributed by atoms with E-state index in [9.17, 15) is 22.8 Å². The number of hydrogen-bond acceptors (Lipinski definition) is 6. The molecule has 8 nitrogen and oxygen atoms in total. The zero-order chi connectivity index (χ0) is 28.6. The first-order chi connectivity index (χ1) is 19.1. The first-order valence-corrected chi connectivity index (χ1v) is 13.0. The number of hydrogen-bond donors (Lipinski definition) is 2. The molecule has 0 aliphatic carbocycles. The van der Waals surface area contributed by atoms with E-state index in [1.165, 1.54) is 18.8 Å². The van der Waals surface area contributed by atoms with Gasteiger partial charge in [0.05, 0.1) is 41.9 Å². The molecule has 0 aliphatic heterocycles. The van der Waals surface area contributed by atoms with Crippen molar-refractivity contribution in [2.75, 3.05) is 25.3 Å². The summed E-state index contributed by atoms with van der Waals surface area (Å²) >= 11 is 6.96. The Balaban J connectivity index is 1.55. The van der Waals surface area contributed by atoms with Crippen LogP contribution < -0.4 is 20.3 Å². The predicted molar refractivity (Wildman–Crippen MR) is 148 cm³/mol. The van der Waals surface area contributed by atoms with E-state index in [0.29, 0.717) is 28.2 Å². The summed E-state index contributed by atoms with van der Waals surface area (Å²) in [5.74, 6) is -0.0967. The number of amides is 1. The van der Waals surface area contributed by atoms with Crippen molar-refractivity contribution in [3.63, 3.8) is 0 Å². The zero-order valence-corrected chi connectivity index (χ0v) is 22.5. The monoisotopic (exact) mass is 588 g/mol. The summed E-state index contributed by atoms with van der Waals surface area (Å²) in [5, 5.41) is 3.26. The Morgan fingerprint density at radius 3 is 2.55 bits per heavy atom. The summed E-state index contributed by atoms with van der Waals surface area (Å²) < 4.78 is 51.4. The number of H-pyrrole nitrogens is 1. The van der Waals surface area contributed by atoms with E-state index in [4.69, 9.17) is 26.1 Å². The molecule has 0 bridgehead atoms. The Morgan fingerprint density at radius 1 is 1.07 bits per heavy atom. The zero-order valence-electron chi connectivity index (χ0n) is 20.9. The van der Waals surface area contributed by atoms with Crippen molar-refractivity contribution in [2.45, 2.75) is 11.3 Å². The topological polar surface area (TPSA) is 98.2 Å². The highest BCUT2D eigenvalue weighted by Crippen LogP contribution is 2.35. The Hall–Kier alpha value is -4.16. The second kappa shape index (κ2) is 10.8. The molecule has 0 fully saturated rings. The molecular formula is C27H20ClF3N4O4S. The molecule has 13 heteroatoms. The summed E-state index contributed by atoms with van der Waals surface area (Å²) in [6, 6.07) is 14.8. The van der Waals surface area contributed by atoms with Crippen LogP contribution in [0, 0.1) is 0 Å². The van der Waals surface area contributed by atoms with Crippen molar-refractivity contribution in [2.24, 2.45) is 0 Å². The highest BCUT2D eigenvalue weighted by atomic mass is 35.5. The second-order valence-electron chi connectivity index (χ2n) is 8.50. The first kappa shape index (κ1) is 27.4. The maximum atomic E-state index is 13.8. The average molecular weight is 589 g/mol. The number of nitrogens with zero attached hydrogens (tertiary/aromatic N) is 2. The molecule has 0 unspecified atom stereocenters. The van der Waals surface area contributed by atoms with Gasteiger partial charge < -0.3 is 19.8 Å². The summed E-state index contributed by atoms with van der Waals surface area (Å²) in [4.78, 5) is 34.4. The summed E-state index contributed by atoms with van der Waals surface area (Å²) in [6.07, 6.45) is -4.60. The molecule has 0 radical (unpaired) electrons. The lowest BCUT2D eigenvalue weighted by atomic mass is 10.2. The Morgan fingerprint density at radius 2 is 1.82 bits per heavy atom. The number of halogens is 4. The number of carbonyl (C=O) groups excluding carboxylic acids is 1. The maximum absolute atomic E-state index is 13.8. The van der Waals surface area contributed by atoms with Gasteiger partial charge in [-0.25, -0.2) is 4.98 Å². The molecule has 0 saturated heterocycles. The number of benzene rings is 3. The fraction of sp³-hybridized carbons (Fsp3) is 0.148. The quantitative estimate of drug-likeness (QED) is 0.171. The van der Waals surface area contributed by atoms with Crippen molar-refractivity contribution in [3.8, 4) is 17.2 Å². The smallest absolute Gasteiger partial charge is 0.416 e. The fourth-order valence-electron chi connectivity index (χ4n) is 4.14. The summed E-state index contributed by atoms with van der Waals surface area (Å²) in [7, 11) is 2.95. The second-order valence-corrected chi connectivity index (χ2v) is 9.85. The molecule has 0 spiro atoms. The molecule has 1 amide bonds. The van der Waals surface area contributed by atoms with Crippen LogP contribution in [0.2, 0.25) is 5.02 Å². The van der Waals surface area contributed by atoms with Gasteiger partial charge in [-0.05, 0) is 36.4 Å². The van der Waals surface area contributed by atoms with Gasteiger partial charge >= 0.3 is 6.18 Å². The Kier molecular flexibility index (Phi) is 7.39. The van der Waals surface area contributed by atoms with Gasteiger partial charge in [0.2, 0.25) is 5.91 Å². The van der Waals surface area contributed by atoms with Crippen molar-refractivity contribution >= 4 is 56.9 Å². The standard InChI is InChI=1S/C27H20ClF3N4O4S/c1-38-20-10-8-15(12-21(20)39-2)35-25(37)24-23(16-5-3-4-6-18(16)33-24)34-26(35)40-13-22(36)32-19-11-14(27(29,30)31)7-9-17(19)28/h3-12,33H,13H2,1-2H3,(H,32,36). The van der Waals surface area contributed by atoms with E-state index >= 15 is 0 Å². The molecule has 3 aromatic carbocycles.